The quantitative estimate of drug-likeness (QED) is 0.641. The van der Waals surface area contributed by atoms with Gasteiger partial charge in [0.25, 0.3) is 11.8 Å². The molecular weight excluding hydrogens is 443 g/mol. The maximum Gasteiger partial charge on any atom is 0.274 e. The number of fused-ring (bicyclic) bond motifs is 1. The molecule has 0 aliphatic carbocycles. The molecule has 0 radical (unpaired) electrons. The van der Waals surface area contributed by atoms with Gasteiger partial charge in [0, 0.05) is 43.8 Å². The van der Waals surface area contributed by atoms with Gasteiger partial charge < -0.3 is 25.0 Å². The average Bonchev–Trinajstić information content (AvgIpc) is 2.90. The second-order valence-corrected chi connectivity index (χ2v) is 8.78. The van der Waals surface area contributed by atoms with Gasteiger partial charge in [0.15, 0.2) is 11.4 Å². The van der Waals surface area contributed by atoms with Crippen LogP contribution in [-0.4, -0.2) is 44.6 Å². The van der Waals surface area contributed by atoms with E-state index in [2.05, 4.69) is 5.32 Å². The summed E-state index contributed by atoms with van der Waals surface area (Å²) < 4.78 is 42.5. The Morgan fingerprint density at radius 1 is 1.18 bits per heavy atom. The molecule has 1 spiro atoms. The minimum absolute atomic E-state index is 0.0970. The Morgan fingerprint density at radius 2 is 1.88 bits per heavy atom. The number of carbonyl (C=O) groups is 2. The Kier molecular flexibility index (Phi) is 4.78. The van der Waals surface area contributed by atoms with Crippen LogP contribution in [0.1, 0.15) is 63.9 Å². The standard InChI is InChI=1S/C22H20F3N3O5/c23-10-5-12(24)11(13(25)6-10)8-26-20(32)15-16-14(29)7-22-3-1-2-4-27(9-22)21(33)17(28(16)22)19(31)18(15)30/h5-6,14,29,31H,1-4,7-9H2,(H,26,32)/t14?,22-/m0/s1. The summed E-state index contributed by atoms with van der Waals surface area (Å²) in [6, 6.07) is 0.918. The van der Waals surface area contributed by atoms with Gasteiger partial charge in [-0.1, -0.05) is 0 Å². The Morgan fingerprint density at radius 3 is 2.58 bits per heavy atom. The van der Waals surface area contributed by atoms with Crippen molar-refractivity contribution >= 4 is 11.8 Å². The zero-order valence-corrected chi connectivity index (χ0v) is 17.3. The fourth-order valence-electron chi connectivity index (χ4n) is 5.39. The van der Waals surface area contributed by atoms with Crippen LogP contribution < -0.4 is 10.7 Å². The smallest absolute Gasteiger partial charge is 0.274 e. The predicted molar refractivity (Wildman–Crippen MR) is 107 cm³/mol. The summed E-state index contributed by atoms with van der Waals surface area (Å²) in [5.41, 5.74) is -3.49. The topological polar surface area (TPSA) is 112 Å². The van der Waals surface area contributed by atoms with E-state index in [1.54, 1.807) is 4.90 Å². The molecule has 2 atom stereocenters. The van der Waals surface area contributed by atoms with Crippen LogP contribution in [0.4, 0.5) is 13.2 Å². The highest BCUT2D eigenvalue weighted by molar-refractivity contribution is 6.00. The lowest BCUT2D eigenvalue weighted by atomic mass is 9.88. The van der Waals surface area contributed by atoms with Gasteiger partial charge in [-0.05, 0) is 19.3 Å². The fraction of sp³-hybridized carbons (Fsp3) is 0.409. The van der Waals surface area contributed by atoms with Crippen molar-refractivity contribution in [3.63, 3.8) is 0 Å². The lowest BCUT2D eigenvalue weighted by molar-refractivity contribution is 0.0549. The van der Waals surface area contributed by atoms with E-state index < -0.39 is 69.8 Å². The molecule has 174 valence electrons. The number of halogens is 3. The number of nitrogens with one attached hydrogen (secondary N) is 1. The molecule has 0 saturated carbocycles. The van der Waals surface area contributed by atoms with Crippen LogP contribution in [0.25, 0.3) is 0 Å². The summed E-state index contributed by atoms with van der Waals surface area (Å²) in [5.74, 6) is -6.10. The molecule has 3 aliphatic heterocycles. The molecule has 1 aromatic heterocycles. The number of rotatable bonds is 3. The minimum Gasteiger partial charge on any atom is -0.503 e. The van der Waals surface area contributed by atoms with E-state index in [4.69, 9.17) is 0 Å². The van der Waals surface area contributed by atoms with E-state index in [1.165, 1.54) is 4.57 Å². The molecule has 5 rings (SSSR count). The number of hydrogen-bond acceptors (Lipinski definition) is 5. The fourth-order valence-corrected chi connectivity index (χ4v) is 5.39. The number of aliphatic hydroxyl groups excluding tert-OH is 1. The number of benzene rings is 1. The third-order valence-electron chi connectivity index (χ3n) is 6.80. The molecule has 8 nitrogen and oxygen atoms in total. The SMILES string of the molecule is O=C(NCc1c(F)cc(F)cc1F)c1c2n3c(c(O)c1=O)C(=O)N1CCCC[C@]3(CC2O)C1. The number of nitrogens with zero attached hydrogens (tertiary/aromatic N) is 2. The van der Waals surface area contributed by atoms with Gasteiger partial charge in [0.05, 0.1) is 17.3 Å². The summed E-state index contributed by atoms with van der Waals surface area (Å²) in [7, 11) is 0. The summed E-state index contributed by atoms with van der Waals surface area (Å²) in [6.45, 7) is 0.0288. The van der Waals surface area contributed by atoms with Gasteiger partial charge in [-0.15, -0.1) is 0 Å². The van der Waals surface area contributed by atoms with Crippen LogP contribution in [0.5, 0.6) is 5.75 Å². The highest BCUT2D eigenvalue weighted by Gasteiger charge is 2.53. The van der Waals surface area contributed by atoms with E-state index in [0.717, 1.165) is 12.8 Å². The summed E-state index contributed by atoms with van der Waals surface area (Å²) in [6.07, 6.45) is 0.924. The molecular formula is C22H20F3N3O5. The van der Waals surface area contributed by atoms with Gasteiger partial charge in [0.2, 0.25) is 5.43 Å². The molecule has 11 heteroatoms. The van der Waals surface area contributed by atoms with Crippen molar-refractivity contribution in [2.45, 2.75) is 43.9 Å². The van der Waals surface area contributed by atoms with Crippen LogP contribution in [0.15, 0.2) is 16.9 Å². The van der Waals surface area contributed by atoms with Crippen molar-refractivity contribution in [1.29, 1.82) is 0 Å². The zero-order chi connectivity index (χ0) is 23.7. The van der Waals surface area contributed by atoms with E-state index in [0.29, 0.717) is 25.1 Å². The van der Waals surface area contributed by atoms with Crippen LogP contribution in [0.3, 0.4) is 0 Å². The zero-order valence-electron chi connectivity index (χ0n) is 17.3. The third-order valence-corrected chi connectivity index (χ3v) is 6.80. The Hall–Kier alpha value is -3.34. The average molecular weight is 463 g/mol. The van der Waals surface area contributed by atoms with Gasteiger partial charge in [-0.3, -0.25) is 14.4 Å². The van der Waals surface area contributed by atoms with Gasteiger partial charge in [0.1, 0.15) is 23.0 Å². The number of carbonyl (C=O) groups excluding carboxylic acids is 2. The molecule has 2 amide bonds. The molecule has 1 fully saturated rings. The van der Waals surface area contributed by atoms with E-state index >= 15 is 0 Å². The number of hydrogen-bond donors (Lipinski definition) is 3. The summed E-state index contributed by atoms with van der Waals surface area (Å²) in [4.78, 5) is 40.5. The number of aliphatic hydroxyl groups is 1. The van der Waals surface area contributed by atoms with Gasteiger partial charge >= 0.3 is 0 Å². The predicted octanol–water partition coefficient (Wildman–Crippen LogP) is 1.67. The second-order valence-electron chi connectivity index (χ2n) is 8.78. The van der Waals surface area contributed by atoms with Crippen LogP contribution in [0, 0.1) is 17.5 Å². The van der Waals surface area contributed by atoms with Gasteiger partial charge in [-0.2, -0.15) is 0 Å². The molecule has 2 aromatic rings. The number of aromatic nitrogens is 1. The van der Waals surface area contributed by atoms with Crippen molar-refractivity contribution in [2.75, 3.05) is 13.1 Å². The normalized spacial score (nSPS) is 23.3. The molecule has 33 heavy (non-hydrogen) atoms. The van der Waals surface area contributed by atoms with Crippen LogP contribution >= 0.6 is 0 Å². The third kappa shape index (κ3) is 3.05. The highest BCUT2D eigenvalue weighted by Crippen LogP contribution is 2.49. The van der Waals surface area contributed by atoms with Crippen molar-refractivity contribution in [2.24, 2.45) is 0 Å². The molecule has 1 unspecified atom stereocenters. The number of aromatic hydroxyl groups is 1. The first-order chi connectivity index (χ1) is 15.6. The van der Waals surface area contributed by atoms with Crippen LogP contribution in [0.2, 0.25) is 0 Å². The molecule has 4 heterocycles. The maximum atomic E-state index is 13.9. The molecule has 1 aromatic carbocycles. The van der Waals surface area contributed by atoms with Crippen molar-refractivity contribution in [3.05, 3.63) is 62.3 Å². The first-order valence-corrected chi connectivity index (χ1v) is 10.6. The van der Waals surface area contributed by atoms with Crippen molar-refractivity contribution in [3.8, 4) is 5.75 Å². The first-order valence-electron chi connectivity index (χ1n) is 10.6. The second kappa shape index (κ2) is 7.34. The summed E-state index contributed by atoms with van der Waals surface area (Å²) in [5, 5.41) is 23.7. The highest BCUT2D eigenvalue weighted by atomic mass is 19.1. The largest absolute Gasteiger partial charge is 0.503 e. The molecule has 3 N–H and O–H groups in total. The number of pyridine rings is 1. The first kappa shape index (κ1) is 21.5. The molecule has 1 saturated heterocycles. The Balaban J connectivity index is 1.61. The van der Waals surface area contributed by atoms with E-state index in [1.807, 2.05) is 0 Å². The van der Waals surface area contributed by atoms with Crippen molar-refractivity contribution < 1.29 is 33.0 Å². The summed E-state index contributed by atoms with van der Waals surface area (Å²) >= 11 is 0. The lowest BCUT2D eigenvalue weighted by Crippen LogP contribution is -2.52. The monoisotopic (exact) mass is 463 g/mol. The van der Waals surface area contributed by atoms with E-state index in [9.17, 15) is 37.8 Å². The number of amides is 2. The Bertz CT molecular complexity index is 1250. The van der Waals surface area contributed by atoms with E-state index in [-0.39, 0.29) is 24.4 Å². The lowest BCUT2D eigenvalue weighted by Gasteiger charge is -2.41. The van der Waals surface area contributed by atoms with Crippen molar-refractivity contribution in [1.82, 2.24) is 14.8 Å². The Labute approximate surface area is 185 Å². The van der Waals surface area contributed by atoms with Gasteiger partial charge in [-0.25, -0.2) is 13.2 Å². The maximum absolute atomic E-state index is 13.9. The van der Waals surface area contributed by atoms with Crippen LogP contribution in [-0.2, 0) is 12.1 Å². The molecule has 3 aliphatic rings. The minimum atomic E-state index is -1.26. The molecule has 2 bridgehead atoms.